The van der Waals surface area contributed by atoms with Gasteiger partial charge in [-0.15, -0.1) is 0 Å². The highest BCUT2D eigenvalue weighted by Crippen LogP contribution is 2.43. The van der Waals surface area contributed by atoms with Crippen molar-refractivity contribution in [2.75, 3.05) is 14.2 Å². The van der Waals surface area contributed by atoms with Gasteiger partial charge in [-0.2, -0.15) is 0 Å². The maximum atomic E-state index is 11.9. The maximum absolute atomic E-state index is 11.9. The van der Waals surface area contributed by atoms with E-state index >= 15 is 0 Å². The lowest BCUT2D eigenvalue weighted by atomic mass is 9.90. The van der Waals surface area contributed by atoms with E-state index in [-0.39, 0.29) is 0 Å². The lowest BCUT2D eigenvalue weighted by Crippen LogP contribution is -2.57. The van der Waals surface area contributed by atoms with Crippen molar-refractivity contribution in [3.63, 3.8) is 0 Å². The summed E-state index contributed by atoms with van der Waals surface area (Å²) in [6.07, 6.45) is -4.75. The van der Waals surface area contributed by atoms with Crippen molar-refractivity contribution in [2.24, 2.45) is 0 Å². The molecule has 5 atom stereocenters. The molecule has 30 heavy (non-hydrogen) atoms. The first-order valence-corrected chi connectivity index (χ1v) is 9.96. The average Bonchev–Trinajstić information content (AvgIpc) is 2.65. The van der Waals surface area contributed by atoms with E-state index in [4.69, 9.17) is 28.4 Å². The van der Waals surface area contributed by atoms with E-state index in [1.807, 2.05) is 0 Å². The van der Waals surface area contributed by atoms with Crippen LogP contribution >= 0.6 is 15.9 Å². The van der Waals surface area contributed by atoms with Gasteiger partial charge >= 0.3 is 17.9 Å². The molecule has 1 aliphatic heterocycles. The zero-order valence-corrected chi connectivity index (χ0v) is 19.2. The molecule has 0 aliphatic carbocycles. The van der Waals surface area contributed by atoms with Gasteiger partial charge in [-0.05, 0) is 35.0 Å². The summed E-state index contributed by atoms with van der Waals surface area (Å²) in [7, 11) is 2.98. The summed E-state index contributed by atoms with van der Waals surface area (Å²) in [4.78, 5) is 35.3. The summed E-state index contributed by atoms with van der Waals surface area (Å²) in [5, 5.41) is 0. The zero-order chi connectivity index (χ0) is 22.6. The predicted octanol–water partition coefficient (Wildman–Crippen LogP) is 2.72. The Labute approximate surface area is 183 Å². The minimum atomic E-state index is -1.10. The molecule has 0 spiro atoms. The lowest BCUT2D eigenvalue weighted by molar-refractivity contribution is -0.245. The van der Waals surface area contributed by atoms with Crippen molar-refractivity contribution >= 4 is 33.8 Å². The second-order valence-electron chi connectivity index (χ2n) is 6.71. The molecule has 1 fully saturated rings. The minimum absolute atomic E-state index is 0.435. The lowest BCUT2D eigenvalue weighted by Gasteiger charge is -2.44. The minimum Gasteiger partial charge on any atom is -0.496 e. The number of ether oxygens (including phenoxy) is 6. The number of carbonyl (C=O) groups is 3. The van der Waals surface area contributed by atoms with Crippen LogP contribution in [0.1, 0.15) is 39.4 Å². The fourth-order valence-electron chi connectivity index (χ4n) is 3.37. The number of rotatable bonds is 6. The van der Waals surface area contributed by atoms with Gasteiger partial charge in [0.2, 0.25) is 0 Å². The molecule has 1 aromatic rings. The fraction of sp³-hybridized carbons (Fsp3) is 0.550. The highest BCUT2D eigenvalue weighted by molar-refractivity contribution is 9.10. The summed E-state index contributed by atoms with van der Waals surface area (Å²) in [6.45, 7) is 5.34. The molecular weight excluding hydrogens is 464 g/mol. The molecule has 10 heteroatoms. The number of methoxy groups -OCH3 is 2. The standard InChI is InChI=1S/C20H25BrO9/c1-9-17(28-10(2)22)19(29-11(3)23)20(30-12(4)24)18(27-9)13-7-16(26-6)14(21)8-15(13)25-5/h7-9,17-20H,1-6H3/t9-,17-,18+,19+,20-/m0/s1. The van der Waals surface area contributed by atoms with Crippen LogP contribution in [-0.2, 0) is 33.3 Å². The first kappa shape index (κ1) is 23.9. The molecule has 0 unspecified atom stereocenters. The van der Waals surface area contributed by atoms with E-state index in [9.17, 15) is 14.4 Å². The Morgan fingerprint density at radius 2 is 1.33 bits per heavy atom. The van der Waals surface area contributed by atoms with Crippen molar-refractivity contribution in [2.45, 2.75) is 58.2 Å². The van der Waals surface area contributed by atoms with Crippen LogP contribution in [0.5, 0.6) is 11.5 Å². The van der Waals surface area contributed by atoms with Gasteiger partial charge in [0.1, 0.15) is 17.6 Å². The molecular formula is C20H25BrO9. The van der Waals surface area contributed by atoms with Crippen LogP contribution in [0.15, 0.2) is 16.6 Å². The quantitative estimate of drug-likeness (QED) is 0.441. The SMILES string of the molecule is COc1cc([C@H]2O[C@@H](C)[C@H](OC(C)=O)[C@@H](OC(C)=O)[C@H]2OC(C)=O)c(OC)cc1Br. The molecule has 0 radical (unpaired) electrons. The van der Waals surface area contributed by atoms with Crippen LogP contribution in [0, 0.1) is 0 Å². The third kappa shape index (κ3) is 5.42. The molecule has 2 rings (SSSR count). The van der Waals surface area contributed by atoms with Gasteiger partial charge < -0.3 is 28.4 Å². The summed E-state index contributed by atoms with van der Waals surface area (Å²) >= 11 is 3.40. The van der Waals surface area contributed by atoms with Crippen molar-refractivity contribution in [3.05, 3.63) is 22.2 Å². The number of halogens is 1. The van der Waals surface area contributed by atoms with Crippen LogP contribution < -0.4 is 9.47 Å². The Morgan fingerprint density at radius 3 is 1.83 bits per heavy atom. The van der Waals surface area contributed by atoms with Crippen molar-refractivity contribution in [1.82, 2.24) is 0 Å². The third-order valence-corrected chi connectivity index (χ3v) is 5.11. The Balaban J connectivity index is 2.61. The summed E-state index contributed by atoms with van der Waals surface area (Å²) in [5.41, 5.74) is 0.508. The zero-order valence-electron chi connectivity index (χ0n) is 17.6. The molecule has 0 saturated carbocycles. The first-order chi connectivity index (χ1) is 14.1. The highest BCUT2D eigenvalue weighted by atomic mass is 79.9. The van der Waals surface area contributed by atoms with E-state index in [0.29, 0.717) is 21.5 Å². The van der Waals surface area contributed by atoms with Crippen LogP contribution in [0.4, 0.5) is 0 Å². The van der Waals surface area contributed by atoms with Crippen molar-refractivity contribution < 1.29 is 42.8 Å². The average molecular weight is 489 g/mol. The number of carbonyl (C=O) groups excluding carboxylic acids is 3. The molecule has 0 aromatic heterocycles. The Kier molecular flexibility index (Phi) is 8.08. The molecule has 1 aliphatic rings. The normalized spacial score (nSPS) is 25.8. The van der Waals surface area contributed by atoms with E-state index in [1.165, 1.54) is 35.0 Å². The Bertz CT molecular complexity index is 810. The monoisotopic (exact) mass is 488 g/mol. The van der Waals surface area contributed by atoms with Gasteiger partial charge in [0, 0.05) is 26.3 Å². The molecule has 9 nitrogen and oxygen atoms in total. The predicted molar refractivity (Wildman–Crippen MR) is 107 cm³/mol. The number of benzene rings is 1. The van der Waals surface area contributed by atoms with E-state index in [2.05, 4.69) is 15.9 Å². The van der Waals surface area contributed by atoms with Crippen LogP contribution in [0.2, 0.25) is 0 Å². The molecule has 1 heterocycles. The topological polar surface area (TPSA) is 107 Å². The van der Waals surface area contributed by atoms with E-state index in [1.54, 1.807) is 19.1 Å². The highest BCUT2D eigenvalue weighted by Gasteiger charge is 2.51. The van der Waals surface area contributed by atoms with Gasteiger partial charge in [0.25, 0.3) is 0 Å². The number of hydrogen-bond acceptors (Lipinski definition) is 9. The first-order valence-electron chi connectivity index (χ1n) is 9.17. The van der Waals surface area contributed by atoms with E-state index in [0.717, 1.165) is 0 Å². The molecule has 1 aromatic carbocycles. The van der Waals surface area contributed by atoms with Gasteiger partial charge in [-0.1, -0.05) is 0 Å². The molecule has 0 bridgehead atoms. The second-order valence-corrected chi connectivity index (χ2v) is 7.57. The maximum Gasteiger partial charge on any atom is 0.303 e. The van der Waals surface area contributed by atoms with Crippen molar-refractivity contribution in [3.8, 4) is 11.5 Å². The molecule has 0 N–H and O–H groups in total. The van der Waals surface area contributed by atoms with Crippen LogP contribution in [0.25, 0.3) is 0 Å². The summed E-state index contributed by atoms with van der Waals surface area (Å²) in [5.74, 6) is -0.901. The van der Waals surface area contributed by atoms with Crippen LogP contribution in [-0.4, -0.2) is 56.5 Å². The van der Waals surface area contributed by atoms with Gasteiger partial charge in [-0.3, -0.25) is 14.4 Å². The third-order valence-electron chi connectivity index (χ3n) is 4.49. The van der Waals surface area contributed by atoms with Crippen molar-refractivity contribution in [1.29, 1.82) is 0 Å². The van der Waals surface area contributed by atoms with Gasteiger partial charge in [-0.25, -0.2) is 0 Å². The summed E-state index contributed by atoms with van der Waals surface area (Å²) in [6, 6.07) is 3.36. The smallest absolute Gasteiger partial charge is 0.303 e. The summed E-state index contributed by atoms with van der Waals surface area (Å²) < 4.78 is 33.9. The second kappa shape index (κ2) is 10.1. The Hall–Kier alpha value is -2.33. The number of esters is 3. The Morgan fingerprint density at radius 1 is 0.833 bits per heavy atom. The van der Waals surface area contributed by atoms with Gasteiger partial charge in [0.05, 0.1) is 24.8 Å². The molecule has 1 saturated heterocycles. The molecule has 0 amide bonds. The fourth-order valence-corrected chi connectivity index (χ4v) is 3.85. The van der Waals surface area contributed by atoms with Gasteiger partial charge in [0.15, 0.2) is 18.3 Å². The van der Waals surface area contributed by atoms with Crippen LogP contribution in [0.3, 0.4) is 0 Å². The van der Waals surface area contributed by atoms with E-state index < -0.39 is 48.4 Å². The largest absolute Gasteiger partial charge is 0.496 e. The molecule has 166 valence electrons. The number of hydrogen-bond donors (Lipinski definition) is 0.